The second kappa shape index (κ2) is 6.44. The first-order valence-corrected chi connectivity index (χ1v) is 6.84. The fourth-order valence-corrected chi connectivity index (χ4v) is 2.24. The Labute approximate surface area is 132 Å². The van der Waals surface area contributed by atoms with Crippen molar-refractivity contribution in [3.05, 3.63) is 51.0 Å². The van der Waals surface area contributed by atoms with Crippen LogP contribution in [0, 0.1) is 0 Å². The summed E-state index contributed by atoms with van der Waals surface area (Å²) in [6.45, 7) is 0.311. The van der Waals surface area contributed by atoms with Crippen LogP contribution in [-0.2, 0) is 6.61 Å². The van der Waals surface area contributed by atoms with Crippen LogP contribution in [0.3, 0.4) is 0 Å². The molecular formula is C14H12Cl3NO2. The molecule has 2 rings (SSSR count). The van der Waals surface area contributed by atoms with Gasteiger partial charge in [0.25, 0.3) is 0 Å². The monoisotopic (exact) mass is 331 g/mol. The van der Waals surface area contributed by atoms with Gasteiger partial charge in [-0.05, 0) is 23.8 Å². The van der Waals surface area contributed by atoms with E-state index < -0.39 is 0 Å². The largest absolute Gasteiger partial charge is 0.495 e. The molecule has 6 heteroatoms. The number of hydrogen-bond donors (Lipinski definition) is 1. The van der Waals surface area contributed by atoms with Crippen molar-refractivity contribution < 1.29 is 9.47 Å². The van der Waals surface area contributed by atoms with Gasteiger partial charge in [0, 0.05) is 6.07 Å². The van der Waals surface area contributed by atoms with Crippen LogP contribution in [0.15, 0.2) is 30.3 Å². The maximum Gasteiger partial charge on any atom is 0.141 e. The van der Waals surface area contributed by atoms with E-state index in [0.717, 1.165) is 5.56 Å². The van der Waals surface area contributed by atoms with Crippen LogP contribution >= 0.6 is 34.8 Å². The van der Waals surface area contributed by atoms with E-state index >= 15 is 0 Å². The summed E-state index contributed by atoms with van der Waals surface area (Å²) in [5.41, 5.74) is 7.27. The molecule has 106 valence electrons. The molecule has 0 saturated carbocycles. The second-order valence-electron chi connectivity index (χ2n) is 4.06. The van der Waals surface area contributed by atoms with E-state index in [2.05, 4.69) is 0 Å². The van der Waals surface area contributed by atoms with Crippen LogP contribution in [0.1, 0.15) is 5.56 Å². The summed E-state index contributed by atoms with van der Waals surface area (Å²) in [7, 11) is 1.57. The summed E-state index contributed by atoms with van der Waals surface area (Å²) in [5, 5.41) is 1.18. The molecule has 0 unspecified atom stereocenters. The Morgan fingerprint density at radius 2 is 1.65 bits per heavy atom. The van der Waals surface area contributed by atoms with Crippen molar-refractivity contribution in [3.8, 4) is 11.5 Å². The lowest BCUT2D eigenvalue weighted by molar-refractivity contribution is 0.306. The molecule has 0 aromatic heterocycles. The number of rotatable bonds is 4. The van der Waals surface area contributed by atoms with Gasteiger partial charge in [0.2, 0.25) is 0 Å². The third-order valence-electron chi connectivity index (χ3n) is 2.66. The molecular weight excluding hydrogens is 321 g/mol. The summed E-state index contributed by atoms with van der Waals surface area (Å²) >= 11 is 17.8. The molecule has 0 saturated heterocycles. The molecule has 0 fully saturated rings. The zero-order valence-electron chi connectivity index (χ0n) is 10.6. The Morgan fingerprint density at radius 3 is 2.30 bits per heavy atom. The fourth-order valence-electron chi connectivity index (χ4n) is 1.65. The van der Waals surface area contributed by atoms with E-state index in [9.17, 15) is 0 Å². The minimum absolute atomic E-state index is 0.311. The summed E-state index contributed by atoms with van der Waals surface area (Å²) < 4.78 is 10.7. The molecule has 20 heavy (non-hydrogen) atoms. The number of benzene rings is 2. The molecule has 0 heterocycles. The molecule has 0 atom stereocenters. The topological polar surface area (TPSA) is 44.5 Å². The number of nitrogens with two attached hydrogens (primary N) is 1. The molecule has 0 aliphatic carbocycles. The van der Waals surface area contributed by atoms with Gasteiger partial charge >= 0.3 is 0 Å². The van der Waals surface area contributed by atoms with E-state index in [1.165, 1.54) is 0 Å². The standard InChI is InChI=1S/C14H12Cl3NO2/c1-19-13-3-2-8(4-12(13)18)7-20-14-6-10(16)9(15)5-11(14)17/h2-6H,7,18H2,1H3. The number of halogens is 3. The zero-order chi connectivity index (χ0) is 14.7. The van der Waals surface area contributed by atoms with Crippen molar-refractivity contribution in [1.29, 1.82) is 0 Å². The Bertz CT molecular complexity index is 632. The predicted molar refractivity (Wildman–Crippen MR) is 83.2 cm³/mol. The number of nitrogen functional groups attached to an aromatic ring is 1. The van der Waals surface area contributed by atoms with E-state index in [4.69, 9.17) is 50.0 Å². The van der Waals surface area contributed by atoms with E-state index in [-0.39, 0.29) is 0 Å². The highest BCUT2D eigenvalue weighted by Crippen LogP contribution is 2.34. The predicted octanol–water partition coefficient (Wildman–Crippen LogP) is 4.82. The van der Waals surface area contributed by atoms with Crippen LogP contribution in [0.25, 0.3) is 0 Å². The van der Waals surface area contributed by atoms with Crippen molar-refractivity contribution >= 4 is 40.5 Å². The summed E-state index contributed by atoms with van der Waals surface area (Å²) in [6.07, 6.45) is 0. The number of methoxy groups -OCH3 is 1. The van der Waals surface area contributed by atoms with Crippen LogP contribution in [-0.4, -0.2) is 7.11 Å². The maximum atomic E-state index is 6.03. The normalized spacial score (nSPS) is 10.4. The number of anilines is 1. The first-order valence-electron chi connectivity index (χ1n) is 5.71. The van der Waals surface area contributed by atoms with E-state index in [0.29, 0.717) is 38.9 Å². The molecule has 0 radical (unpaired) electrons. The zero-order valence-corrected chi connectivity index (χ0v) is 12.9. The van der Waals surface area contributed by atoms with Crippen molar-refractivity contribution in [2.24, 2.45) is 0 Å². The van der Waals surface area contributed by atoms with Gasteiger partial charge in [0.05, 0.1) is 27.9 Å². The van der Waals surface area contributed by atoms with Gasteiger partial charge in [-0.2, -0.15) is 0 Å². The van der Waals surface area contributed by atoms with Gasteiger partial charge in [-0.15, -0.1) is 0 Å². The van der Waals surface area contributed by atoms with E-state index in [1.807, 2.05) is 6.07 Å². The lowest BCUT2D eigenvalue weighted by Gasteiger charge is -2.11. The first-order chi connectivity index (χ1) is 9.51. The SMILES string of the molecule is COc1ccc(COc2cc(Cl)c(Cl)cc2Cl)cc1N. The molecule has 0 aliphatic heterocycles. The average molecular weight is 333 g/mol. The molecule has 2 aromatic rings. The highest BCUT2D eigenvalue weighted by molar-refractivity contribution is 6.43. The van der Waals surface area contributed by atoms with Crippen molar-refractivity contribution in [1.82, 2.24) is 0 Å². The molecule has 0 spiro atoms. The Morgan fingerprint density at radius 1 is 0.950 bits per heavy atom. The van der Waals surface area contributed by atoms with Gasteiger partial charge in [-0.3, -0.25) is 0 Å². The molecule has 2 N–H and O–H groups in total. The van der Waals surface area contributed by atoms with Crippen molar-refractivity contribution in [2.45, 2.75) is 6.61 Å². The summed E-state index contributed by atoms with van der Waals surface area (Å²) in [4.78, 5) is 0. The summed E-state index contributed by atoms with van der Waals surface area (Å²) in [6, 6.07) is 8.55. The fraction of sp³-hybridized carbons (Fsp3) is 0.143. The van der Waals surface area contributed by atoms with Crippen molar-refractivity contribution in [3.63, 3.8) is 0 Å². The minimum atomic E-state index is 0.311. The smallest absolute Gasteiger partial charge is 0.141 e. The van der Waals surface area contributed by atoms with Gasteiger partial charge in [-0.1, -0.05) is 40.9 Å². The van der Waals surface area contributed by atoms with Crippen LogP contribution < -0.4 is 15.2 Å². The number of hydrogen-bond acceptors (Lipinski definition) is 3. The molecule has 0 amide bonds. The number of ether oxygens (including phenoxy) is 2. The van der Waals surface area contributed by atoms with Crippen molar-refractivity contribution in [2.75, 3.05) is 12.8 Å². The van der Waals surface area contributed by atoms with Crippen LogP contribution in [0.5, 0.6) is 11.5 Å². The Balaban J connectivity index is 2.13. The van der Waals surface area contributed by atoms with Gasteiger partial charge < -0.3 is 15.2 Å². The highest BCUT2D eigenvalue weighted by atomic mass is 35.5. The first kappa shape index (κ1) is 15.1. The highest BCUT2D eigenvalue weighted by Gasteiger charge is 2.08. The maximum absolute atomic E-state index is 6.03. The lowest BCUT2D eigenvalue weighted by Crippen LogP contribution is -1.99. The Kier molecular flexibility index (Phi) is 4.86. The van der Waals surface area contributed by atoms with Crippen LogP contribution in [0.4, 0.5) is 5.69 Å². The average Bonchev–Trinajstić information content (AvgIpc) is 2.41. The van der Waals surface area contributed by atoms with Gasteiger partial charge in [0.15, 0.2) is 0 Å². The molecule has 0 aliphatic rings. The third-order valence-corrected chi connectivity index (χ3v) is 3.68. The van der Waals surface area contributed by atoms with Crippen LogP contribution in [0.2, 0.25) is 15.1 Å². The lowest BCUT2D eigenvalue weighted by atomic mass is 10.2. The van der Waals surface area contributed by atoms with Gasteiger partial charge in [0.1, 0.15) is 18.1 Å². The third kappa shape index (κ3) is 3.42. The molecule has 2 aromatic carbocycles. The molecule has 3 nitrogen and oxygen atoms in total. The molecule has 0 bridgehead atoms. The van der Waals surface area contributed by atoms with Gasteiger partial charge in [-0.25, -0.2) is 0 Å². The summed E-state index contributed by atoms with van der Waals surface area (Å²) in [5.74, 6) is 1.09. The Hall–Kier alpha value is -1.29. The van der Waals surface area contributed by atoms with E-state index in [1.54, 1.807) is 31.4 Å². The second-order valence-corrected chi connectivity index (χ2v) is 5.28. The minimum Gasteiger partial charge on any atom is -0.495 e. The quantitative estimate of drug-likeness (QED) is 0.645.